The first kappa shape index (κ1) is 60.1. The van der Waals surface area contributed by atoms with Crippen LogP contribution in [0.25, 0.3) is 0 Å². The normalized spacial score (nSPS) is 13.4. The molecule has 3 unspecified atom stereocenters. The maximum absolute atomic E-state index is 13.2. The summed E-state index contributed by atoms with van der Waals surface area (Å²) in [5.41, 5.74) is 0. The zero-order valence-electron chi connectivity index (χ0n) is 41.5. The number of carbonyl (C=O) groups excluding carboxylic acids is 2. The number of aliphatic hydroxyl groups excluding tert-OH is 2. The molecule has 6 nitrogen and oxygen atoms in total. The summed E-state index contributed by atoms with van der Waals surface area (Å²) in [4.78, 5) is 26.2. The third kappa shape index (κ3) is 44.7. The number of amides is 1. The third-order valence-corrected chi connectivity index (χ3v) is 12.5. The minimum atomic E-state index is -0.791. The van der Waals surface area contributed by atoms with E-state index >= 15 is 0 Å². The van der Waals surface area contributed by atoms with Gasteiger partial charge in [0.1, 0.15) is 6.10 Å². The molecule has 0 bridgehead atoms. The van der Waals surface area contributed by atoms with Crippen LogP contribution in [0.15, 0.2) is 36.5 Å². The number of ether oxygens (including phenoxy) is 1. The molecule has 62 heavy (non-hydrogen) atoms. The van der Waals surface area contributed by atoms with Crippen LogP contribution in [-0.4, -0.2) is 46.9 Å². The van der Waals surface area contributed by atoms with Crippen molar-refractivity contribution in [1.82, 2.24) is 5.32 Å². The molecule has 0 fully saturated rings. The second-order valence-corrected chi connectivity index (χ2v) is 18.7. The standard InChI is InChI=1S/C56H105NO5/c1-4-7-10-13-16-19-22-24-26-28-29-31-33-35-38-41-44-47-52(50-55(60)57-53(51-58)54(59)48-45-42-39-36-21-18-15-12-9-6-3)62-56(61)49-46-43-40-37-34-32-30-27-25-23-20-17-14-11-8-5-2/h24,26-27,30,32,34,52-54,58-59H,4-23,25,28-29,31,33,35-51H2,1-3H3,(H,57,60)/b26-24+,30-27+,34-32+. The van der Waals surface area contributed by atoms with Gasteiger partial charge in [-0.25, -0.2) is 0 Å². The maximum Gasteiger partial charge on any atom is 0.306 e. The molecular formula is C56H105NO5. The van der Waals surface area contributed by atoms with Crippen LogP contribution in [-0.2, 0) is 14.3 Å². The van der Waals surface area contributed by atoms with Crippen LogP contribution < -0.4 is 5.32 Å². The molecule has 0 heterocycles. The minimum Gasteiger partial charge on any atom is -0.462 e. The summed E-state index contributed by atoms with van der Waals surface area (Å²) in [6.45, 7) is 6.47. The van der Waals surface area contributed by atoms with Crippen LogP contribution >= 0.6 is 0 Å². The van der Waals surface area contributed by atoms with E-state index in [4.69, 9.17) is 4.74 Å². The lowest BCUT2D eigenvalue weighted by atomic mass is 10.0. The molecule has 0 aromatic heterocycles. The van der Waals surface area contributed by atoms with Gasteiger partial charge in [0.2, 0.25) is 5.91 Å². The van der Waals surface area contributed by atoms with Crippen molar-refractivity contribution in [2.24, 2.45) is 0 Å². The van der Waals surface area contributed by atoms with Gasteiger partial charge in [0.25, 0.3) is 0 Å². The summed E-state index contributed by atoms with van der Waals surface area (Å²) in [6.07, 6.45) is 59.2. The van der Waals surface area contributed by atoms with E-state index in [9.17, 15) is 19.8 Å². The monoisotopic (exact) mass is 872 g/mol. The number of nitrogens with one attached hydrogen (secondary N) is 1. The predicted octanol–water partition coefficient (Wildman–Crippen LogP) is 16.5. The fourth-order valence-corrected chi connectivity index (χ4v) is 8.30. The summed E-state index contributed by atoms with van der Waals surface area (Å²) in [5, 5.41) is 23.7. The Morgan fingerprint density at radius 3 is 1.24 bits per heavy atom. The topological polar surface area (TPSA) is 95.9 Å². The van der Waals surface area contributed by atoms with Gasteiger partial charge in [0.15, 0.2) is 0 Å². The molecule has 0 saturated carbocycles. The van der Waals surface area contributed by atoms with E-state index in [2.05, 4.69) is 62.5 Å². The van der Waals surface area contributed by atoms with Crippen molar-refractivity contribution >= 4 is 11.9 Å². The van der Waals surface area contributed by atoms with Gasteiger partial charge in [0.05, 0.1) is 25.2 Å². The zero-order chi connectivity index (χ0) is 45.2. The Balaban J connectivity index is 4.61. The van der Waals surface area contributed by atoms with Gasteiger partial charge >= 0.3 is 5.97 Å². The van der Waals surface area contributed by atoms with Gasteiger partial charge in [-0.1, -0.05) is 231 Å². The average Bonchev–Trinajstić information content (AvgIpc) is 3.26. The molecule has 0 aliphatic heterocycles. The summed E-state index contributed by atoms with van der Waals surface area (Å²) < 4.78 is 5.93. The molecule has 3 N–H and O–H groups in total. The Labute approximate surface area is 385 Å². The lowest BCUT2D eigenvalue weighted by Gasteiger charge is -2.24. The maximum atomic E-state index is 13.2. The molecule has 0 aromatic rings. The van der Waals surface area contributed by atoms with Crippen LogP contribution in [0, 0.1) is 0 Å². The molecule has 3 atom stereocenters. The fraction of sp³-hybridized carbons (Fsp3) is 0.857. The van der Waals surface area contributed by atoms with Gasteiger partial charge in [0, 0.05) is 6.42 Å². The lowest BCUT2D eigenvalue weighted by molar-refractivity contribution is -0.151. The lowest BCUT2D eigenvalue weighted by Crippen LogP contribution is -2.46. The van der Waals surface area contributed by atoms with E-state index in [1.165, 1.54) is 167 Å². The van der Waals surface area contributed by atoms with Gasteiger partial charge in [-0.15, -0.1) is 0 Å². The number of allylic oxidation sites excluding steroid dienone is 6. The molecule has 0 rings (SSSR count). The number of aliphatic hydroxyl groups is 2. The van der Waals surface area contributed by atoms with Crippen molar-refractivity contribution in [2.45, 2.75) is 302 Å². The highest BCUT2D eigenvalue weighted by Gasteiger charge is 2.24. The molecule has 0 aromatic carbocycles. The van der Waals surface area contributed by atoms with E-state index < -0.39 is 18.2 Å². The second-order valence-electron chi connectivity index (χ2n) is 18.7. The average molecular weight is 872 g/mol. The van der Waals surface area contributed by atoms with E-state index in [0.29, 0.717) is 19.3 Å². The number of hydrogen-bond donors (Lipinski definition) is 3. The van der Waals surface area contributed by atoms with Crippen LogP contribution in [0.1, 0.15) is 284 Å². The SMILES string of the molecule is CCCCCCCC/C=C/CCCCCCCCCC(CC(=O)NC(CO)C(O)CCCCCCCCCCCC)OC(=O)CCCCC/C=C/C=C/CCCCCCCCC. The molecule has 0 spiro atoms. The van der Waals surface area contributed by atoms with E-state index in [-0.39, 0.29) is 24.9 Å². The Morgan fingerprint density at radius 1 is 0.468 bits per heavy atom. The Hall–Kier alpha value is -1.92. The predicted molar refractivity (Wildman–Crippen MR) is 269 cm³/mol. The first-order chi connectivity index (χ1) is 30.5. The Bertz CT molecular complexity index is 1020. The second kappa shape index (κ2) is 50.1. The first-order valence-corrected chi connectivity index (χ1v) is 27.2. The van der Waals surface area contributed by atoms with Crippen molar-refractivity contribution < 1.29 is 24.5 Å². The molecular weight excluding hydrogens is 767 g/mol. The van der Waals surface area contributed by atoms with Crippen LogP contribution in [0.5, 0.6) is 0 Å². The number of hydrogen-bond acceptors (Lipinski definition) is 5. The third-order valence-electron chi connectivity index (χ3n) is 12.5. The largest absolute Gasteiger partial charge is 0.462 e. The van der Waals surface area contributed by atoms with Crippen LogP contribution in [0.4, 0.5) is 0 Å². The quantitative estimate of drug-likeness (QED) is 0.0245. The van der Waals surface area contributed by atoms with Gasteiger partial charge in [-0.2, -0.15) is 0 Å². The van der Waals surface area contributed by atoms with E-state index in [1.54, 1.807) is 0 Å². The smallest absolute Gasteiger partial charge is 0.306 e. The van der Waals surface area contributed by atoms with Gasteiger partial charge in [-0.05, 0) is 77.0 Å². The fourth-order valence-electron chi connectivity index (χ4n) is 8.30. The number of unbranched alkanes of at least 4 members (excludes halogenated alkanes) is 32. The van der Waals surface area contributed by atoms with Crippen molar-refractivity contribution in [2.75, 3.05) is 6.61 Å². The van der Waals surface area contributed by atoms with Gasteiger partial charge < -0.3 is 20.3 Å². The molecule has 364 valence electrons. The highest BCUT2D eigenvalue weighted by Crippen LogP contribution is 2.18. The van der Waals surface area contributed by atoms with Crippen molar-refractivity contribution in [3.63, 3.8) is 0 Å². The highest BCUT2D eigenvalue weighted by molar-refractivity contribution is 5.77. The van der Waals surface area contributed by atoms with Crippen molar-refractivity contribution in [3.8, 4) is 0 Å². The van der Waals surface area contributed by atoms with Crippen molar-refractivity contribution in [1.29, 1.82) is 0 Å². The summed E-state index contributed by atoms with van der Waals surface area (Å²) in [5.74, 6) is -0.499. The zero-order valence-corrected chi connectivity index (χ0v) is 41.5. The minimum absolute atomic E-state index is 0.0663. The Kier molecular flexibility index (Phi) is 48.5. The van der Waals surface area contributed by atoms with Crippen LogP contribution in [0.3, 0.4) is 0 Å². The van der Waals surface area contributed by atoms with Gasteiger partial charge in [-0.3, -0.25) is 9.59 Å². The molecule has 0 saturated heterocycles. The molecule has 6 heteroatoms. The van der Waals surface area contributed by atoms with E-state index in [0.717, 1.165) is 70.6 Å². The molecule has 0 radical (unpaired) electrons. The summed E-state index contributed by atoms with van der Waals surface area (Å²) >= 11 is 0. The van der Waals surface area contributed by atoms with E-state index in [1.807, 2.05) is 0 Å². The number of carbonyl (C=O) groups is 2. The molecule has 1 amide bonds. The first-order valence-electron chi connectivity index (χ1n) is 27.2. The highest BCUT2D eigenvalue weighted by atomic mass is 16.5. The van der Waals surface area contributed by atoms with Crippen LogP contribution in [0.2, 0.25) is 0 Å². The number of esters is 1. The molecule has 0 aliphatic carbocycles. The van der Waals surface area contributed by atoms with Crippen molar-refractivity contribution in [3.05, 3.63) is 36.5 Å². The Morgan fingerprint density at radius 2 is 0.823 bits per heavy atom. The molecule has 0 aliphatic rings. The summed E-state index contributed by atoms with van der Waals surface area (Å²) in [6, 6.07) is -0.706. The summed E-state index contributed by atoms with van der Waals surface area (Å²) in [7, 11) is 0. The number of rotatable bonds is 49.